The van der Waals surface area contributed by atoms with Gasteiger partial charge in [-0.25, -0.2) is 9.36 Å². The quantitative estimate of drug-likeness (QED) is 0.0836. The molecule has 4 aromatic rings. The Balaban J connectivity index is 0.948. The van der Waals surface area contributed by atoms with Gasteiger partial charge in [-0.05, 0) is 99.6 Å². The van der Waals surface area contributed by atoms with Crippen LogP contribution in [0.4, 0.5) is 0 Å². The van der Waals surface area contributed by atoms with Gasteiger partial charge in [0.15, 0.2) is 0 Å². The molecule has 6 amide bonds. The van der Waals surface area contributed by atoms with Crippen LogP contribution in [0.1, 0.15) is 152 Å². The summed E-state index contributed by atoms with van der Waals surface area (Å²) in [5.41, 5.74) is 4.27. The average Bonchev–Trinajstić information content (AvgIpc) is 4.33. The van der Waals surface area contributed by atoms with Gasteiger partial charge in [-0.3, -0.25) is 28.8 Å². The van der Waals surface area contributed by atoms with Crippen LogP contribution in [0, 0.1) is 10.8 Å². The van der Waals surface area contributed by atoms with Crippen molar-refractivity contribution < 1.29 is 33.5 Å². The van der Waals surface area contributed by atoms with Crippen LogP contribution in [0.25, 0.3) is 0 Å². The van der Waals surface area contributed by atoms with E-state index in [0.29, 0.717) is 11.4 Å². The van der Waals surface area contributed by atoms with Crippen LogP contribution in [0.2, 0.25) is 0 Å². The van der Waals surface area contributed by atoms with E-state index >= 15 is 0 Å². The number of rotatable bonds is 18. The van der Waals surface area contributed by atoms with E-state index in [-0.39, 0.29) is 86.7 Å². The topological polar surface area (TPSA) is 252 Å². The molecule has 416 valence electrons. The molecule has 4 heterocycles. The lowest BCUT2D eigenvalue weighted by molar-refractivity contribution is -0.144. The highest BCUT2D eigenvalue weighted by molar-refractivity contribution is 5.95. The molecule has 0 saturated carbocycles. The average molecular weight is 1060 g/mol. The lowest BCUT2D eigenvalue weighted by Crippen LogP contribution is -2.59. The fourth-order valence-electron chi connectivity index (χ4n) is 11.1. The SMILES string of the molecule is CN[C@@H](C)C(=O)N[C@H](C(=O)N1C[C@@H](n2cc(COCc3cn([C@H]4C[C@@H](C(=O)N[C@@H]5CCCc6ccccc65)N(C(=O)[C@@H](NC(=O)[C@H](C)NC)C(C)(C)C)C4)nn3)nn2)C[C@H]1C(=O)N[C@@H]1CCCc2ccccc21)C(C)(C)C. The number of aromatic nitrogens is 6. The minimum Gasteiger partial charge on any atom is -0.369 e. The first-order chi connectivity index (χ1) is 36.6. The van der Waals surface area contributed by atoms with Gasteiger partial charge in [-0.15, -0.1) is 10.2 Å². The van der Waals surface area contributed by atoms with E-state index < -0.39 is 59.2 Å². The second-order valence-corrected chi connectivity index (χ2v) is 23.6. The largest absolute Gasteiger partial charge is 0.369 e. The van der Waals surface area contributed by atoms with E-state index in [1.165, 1.54) is 11.1 Å². The van der Waals surface area contributed by atoms with Crippen molar-refractivity contribution in [3.05, 3.63) is 94.6 Å². The predicted molar refractivity (Wildman–Crippen MR) is 287 cm³/mol. The molecular weight excluding hydrogens is 981 g/mol. The standard InChI is InChI=1S/C56H80N14O7/c1-33(57-9)49(71)61-47(55(3,4)5)53(75)67-29-39(25-45(67)51(73)59-43-23-15-19-35-17-11-13-21-41(35)43)69-27-37(63-65-69)31-77-32-38-28-70(66-64-38)40-26-46(52(74)60-44-24-16-20-36-18-12-14-22-42(36)44)68(30-40)54(76)48(56(6,7)8)62-50(72)34(2)58-10/h11-14,17-18,21-22,27-28,33-34,39-40,43-48,57-58H,15-16,19-20,23-26,29-32H2,1-10H3,(H,59,73)(H,60,74)(H,61,71)(H,62,72)/t33-,34-,39-,40-,43+,44+,45-,46-,47+,48+/m0/s1. The lowest BCUT2D eigenvalue weighted by atomic mass is 9.85. The van der Waals surface area contributed by atoms with Crippen molar-refractivity contribution in [2.45, 2.75) is 180 Å². The summed E-state index contributed by atoms with van der Waals surface area (Å²) < 4.78 is 9.46. The third-order valence-electron chi connectivity index (χ3n) is 15.9. The maximum atomic E-state index is 14.7. The molecule has 2 aliphatic carbocycles. The number of likely N-dealkylation sites (N-methyl/N-ethyl adjacent to an activating group) is 2. The van der Waals surface area contributed by atoms with Gasteiger partial charge in [0.05, 0.1) is 61.9 Å². The van der Waals surface area contributed by atoms with Crippen molar-refractivity contribution in [1.29, 1.82) is 0 Å². The molecule has 6 N–H and O–H groups in total. The lowest BCUT2D eigenvalue weighted by Gasteiger charge is -2.36. The monoisotopic (exact) mass is 1060 g/mol. The van der Waals surface area contributed by atoms with E-state index in [1.807, 2.05) is 65.8 Å². The van der Waals surface area contributed by atoms with Crippen molar-refractivity contribution in [3.8, 4) is 0 Å². The minimum atomic E-state index is -0.915. The van der Waals surface area contributed by atoms with Gasteiger partial charge in [0.2, 0.25) is 35.4 Å². The summed E-state index contributed by atoms with van der Waals surface area (Å²) in [6.07, 6.45) is 9.37. The van der Waals surface area contributed by atoms with Gasteiger partial charge in [0.1, 0.15) is 35.6 Å². The molecule has 21 nitrogen and oxygen atoms in total. The number of benzene rings is 2. The zero-order chi connectivity index (χ0) is 55.3. The minimum absolute atomic E-state index is 0.0688. The Bertz CT molecular complexity index is 2580. The predicted octanol–water partition coefficient (Wildman–Crippen LogP) is 3.54. The number of carbonyl (C=O) groups excluding carboxylic acids is 6. The Morgan fingerprint density at radius 2 is 1.00 bits per heavy atom. The molecule has 2 saturated heterocycles. The van der Waals surface area contributed by atoms with Crippen LogP contribution >= 0.6 is 0 Å². The van der Waals surface area contributed by atoms with Gasteiger partial charge in [-0.1, -0.05) is 101 Å². The third-order valence-corrected chi connectivity index (χ3v) is 15.9. The fourth-order valence-corrected chi connectivity index (χ4v) is 11.1. The molecule has 21 heteroatoms. The summed E-state index contributed by atoms with van der Waals surface area (Å²) >= 11 is 0. The molecule has 0 radical (unpaired) electrons. The summed E-state index contributed by atoms with van der Waals surface area (Å²) in [6.45, 7) is 15.3. The van der Waals surface area contributed by atoms with Crippen LogP contribution in [0.15, 0.2) is 60.9 Å². The van der Waals surface area contributed by atoms with E-state index in [1.54, 1.807) is 59.5 Å². The van der Waals surface area contributed by atoms with Crippen LogP contribution in [0.5, 0.6) is 0 Å². The number of fused-ring (bicyclic) bond motifs is 2. The van der Waals surface area contributed by atoms with Crippen LogP contribution in [-0.4, -0.2) is 139 Å². The Hall–Kier alpha value is -6.58. The van der Waals surface area contributed by atoms with Crippen LogP contribution in [-0.2, 0) is 59.6 Å². The highest BCUT2D eigenvalue weighted by Gasteiger charge is 2.48. The molecule has 2 aromatic carbocycles. The van der Waals surface area contributed by atoms with Crippen LogP contribution in [0.3, 0.4) is 0 Å². The van der Waals surface area contributed by atoms with Crippen molar-refractivity contribution in [1.82, 2.24) is 71.7 Å². The van der Waals surface area contributed by atoms with Crippen LogP contribution < -0.4 is 31.9 Å². The van der Waals surface area contributed by atoms with E-state index in [2.05, 4.69) is 76.8 Å². The maximum Gasteiger partial charge on any atom is 0.246 e. The number of nitrogens with one attached hydrogen (secondary N) is 6. The molecule has 77 heavy (non-hydrogen) atoms. The van der Waals surface area contributed by atoms with E-state index in [0.717, 1.165) is 49.7 Å². The molecule has 2 fully saturated rings. The number of aryl methyl sites for hydroxylation is 2. The van der Waals surface area contributed by atoms with Gasteiger partial charge in [0, 0.05) is 25.9 Å². The summed E-state index contributed by atoms with van der Waals surface area (Å²) in [5, 5.41) is 36.1. The molecular formula is C56H80N14O7. The molecule has 2 aliphatic heterocycles. The first kappa shape index (κ1) is 56.6. The zero-order valence-electron chi connectivity index (χ0n) is 46.5. The number of likely N-dealkylation sites (tertiary alicyclic amines) is 2. The summed E-state index contributed by atoms with van der Waals surface area (Å²) in [5.74, 6) is -1.87. The number of amides is 6. The van der Waals surface area contributed by atoms with Crippen molar-refractivity contribution in [2.24, 2.45) is 10.8 Å². The normalized spacial score (nSPS) is 23.0. The Labute approximate surface area is 452 Å². The highest BCUT2D eigenvalue weighted by Crippen LogP contribution is 2.36. The smallest absolute Gasteiger partial charge is 0.246 e. The van der Waals surface area contributed by atoms with Gasteiger partial charge in [-0.2, -0.15) is 0 Å². The number of hydrogen-bond donors (Lipinski definition) is 6. The fraction of sp³-hybridized carbons (Fsp3) is 0.607. The van der Waals surface area contributed by atoms with Crippen molar-refractivity contribution in [3.63, 3.8) is 0 Å². The van der Waals surface area contributed by atoms with Gasteiger partial charge < -0.3 is 46.4 Å². The van der Waals surface area contributed by atoms with E-state index in [9.17, 15) is 28.8 Å². The Kier molecular flexibility index (Phi) is 17.6. The maximum absolute atomic E-state index is 14.7. The number of carbonyl (C=O) groups is 6. The summed E-state index contributed by atoms with van der Waals surface area (Å²) in [4.78, 5) is 87.9. The molecule has 2 aromatic heterocycles. The number of hydrogen-bond acceptors (Lipinski definition) is 13. The van der Waals surface area contributed by atoms with Gasteiger partial charge in [0.25, 0.3) is 0 Å². The zero-order valence-corrected chi connectivity index (χ0v) is 46.5. The second-order valence-electron chi connectivity index (χ2n) is 23.6. The summed E-state index contributed by atoms with van der Waals surface area (Å²) in [6, 6.07) is 10.5. The molecule has 0 bridgehead atoms. The Morgan fingerprint density at radius 1 is 0.610 bits per heavy atom. The van der Waals surface area contributed by atoms with Gasteiger partial charge >= 0.3 is 0 Å². The molecule has 8 rings (SSSR count). The summed E-state index contributed by atoms with van der Waals surface area (Å²) in [7, 11) is 3.37. The Morgan fingerprint density at radius 3 is 1.38 bits per heavy atom. The molecule has 0 spiro atoms. The molecule has 4 aliphatic rings. The third kappa shape index (κ3) is 13.1. The number of nitrogens with zero attached hydrogens (tertiary/aromatic N) is 8. The highest BCUT2D eigenvalue weighted by atomic mass is 16.5. The molecule has 0 unspecified atom stereocenters. The first-order valence-electron chi connectivity index (χ1n) is 27.4. The first-order valence-corrected chi connectivity index (χ1v) is 27.4. The van der Waals surface area contributed by atoms with E-state index in [4.69, 9.17) is 4.74 Å². The molecule has 10 atom stereocenters. The van der Waals surface area contributed by atoms with Crippen molar-refractivity contribution in [2.75, 3.05) is 27.2 Å². The second kappa shape index (κ2) is 24.0. The number of ether oxygens (including phenoxy) is 1. The van der Waals surface area contributed by atoms with Crippen molar-refractivity contribution >= 4 is 35.4 Å².